The number of carbonyl (C=O) groups is 2. The summed E-state index contributed by atoms with van der Waals surface area (Å²) >= 11 is 1.54. The Morgan fingerprint density at radius 3 is 2.50 bits per heavy atom. The second-order valence-electron chi connectivity index (χ2n) is 9.19. The number of aliphatic hydroxyl groups is 2. The van der Waals surface area contributed by atoms with Crippen molar-refractivity contribution in [1.82, 2.24) is 10.2 Å². The number of halogens is 2. The number of nitrogens with zero attached hydrogens (tertiary/aromatic N) is 1. The molecule has 192 valence electrons. The molecule has 0 bridgehead atoms. The first kappa shape index (κ1) is 26.3. The van der Waals surface area contributed by atoms with Crippen molar-refractivity contribution in [2.45, 2.75) is 55.6 Å². The van der Waals surface area contributed by atoms with Gasteiger partial charge in [-0.15, -0.1) is 11.8 Å². The highest BCUT2D eigenvalue weighted by Crippen LogP contribution is 2.35. The summed E-state index contributed by atoms with van der Waals surface area (Å²) in [6.45, 7) is 0.689. The third-order valence-electron chi connectivity index (χ3n) is 6.69. The molecule has 2 aliphatic rings. The number of carbonyl (C=O) groups excluding carboxylic acids is 2. The minimum Gasteiger partial charge on any atom is -0.380 e. The summed E-state index contributed by atoms with van der Waals surface area (Å²) in [6, 6.07) is 13.1. The van der Waals surface area contributed by atoms with Gasteiger partial charge in [-0.1, -0.05) is 42.0 Å². The van der Waals surface area contributed by atoms with Gasteiger partial charge in [-0.25, -0.2) is 8.78 Å². The van der Waals surface area contributed by atoms with Gasteiger partial charge >= 0.3 is 0 Å². The number of allylic oxidation sites excluding steroid dienone is 1. The molecule has 0 saturated carbocycles. The van der Waals surface area contributed by atoms with Crippen molar-refractivity contribution in [3.8, 4) is 0 Å². The van der Waals surface area contributed by atoms with Crippen LogP contribution in [0.5, 0.6) is 0 Å². The normalized spacial score (nSPS) is 21.2. The van der Waals surface area contributed by atoms with Gasteiger partial charge in [0.25, 0.3) is 11.8 Å². The number of thioether (sulfide) groups is 1. The summed E-state index contributed by atoms with van der Waals surface area (Å²) < 4.78 is 27.8. The van der Waals surface area contributed by atoms with Gasteiger partial charge in [0.2, 0.25) is 0 Å². The minimum absolute atomic E-state index is 0.0487. The molecule has 9 heteroatoms. The van der Waals surface area contributed by atoms with E-state index in [0.29, 0.717) is 19.4 Å². The molecule has 2 amide bonds. The fourth-order valence-electron chi connectivity index (χ4n) is 4.75. The number of hydrogen-bond donors (Lipinski definition) is 3. The molecule has 4 atom stereocenters. The van der Waals surface area contributed by atoms with Crippen molar-refractivity contribution in [2.24, 2.45) is 0 Å². The van der Waals surface area contributed by atoms with Crippen molar-refractivity contribution in [3.05, 3.63) is 82.3 Å². The Balaban J connectivity index is 1.22. The smallest absolute Gasteiger partial charge is 0.255 e. The summed E-state index contributed by atoms with van der Waals surface area (Å²) in [7, 11) is 0. The Kier molecular flexibility index (Phi) is 8.77. The third kappa shape index (κ3) is 6.14. The lowest BCUT2D eigenvalue weighted by atomic mass is 10.0. The van der Waals surface area contributed by atoms with E-state index < -0.39 is 35.7 Å². The van der Waals surface area contributed by atoms with Gasteiger partial charge in [0.15, 0.2) is 12.2 Å². The molecule has 2 aliphatic heterocycles. The van der Waals surface area contributed by atoms with Crippen molar-refractivity contribution < 1.29 is 28.6 Å². The quantitative estimate of drug-likeness (QED) is 0.475. The predicted molar refractivity (Wildman–Crippen MR) is 134 cm³/mol. The average molecular weight is 517 g/mol. The predicted octanol–water partition coefficient (Wildman–Crippen LogP) is 3.49. The van der Waals surface area contributed by atoms with Gasteiger partial charge in [0.05, 0.1) is 6.04 Å². The summed E-state index contributed by atoms with van der Waals surface area (Å²) in [4.78, 5) is 26.8. The zero-order valence-corrected chi connectivity index (χ0v) is 20.6. The fourth-order valence-corrected chi connectivity index (χ4v) is 5.88. The van der Waals surface area contributed by atoms with Gasteiger partial charge in [-0.2, -0.15) is 0 Å². The van der Waals surface area contributed by atoms with Crippen LogP contribution in [0.25, 0.3) is 0 Å². The van der Waals surface area contributed by atoms with Gasteiger partial charge in [0.1, 0.15) is 11.6 Å². The maximum atomic E-state index is 13.9. The molecule has 2 aromatic rings. The van der Waals surface area contributed by atoms with E-state index in [-0.39, 0.29) is 29.8 Å². The van der Waals surface area contributed by atoms with E-state index in [2.05, 4.69) is 5.32 Å². The van der Waals surface area contributed by atoms with Crippen molar-refractivity contribution >= 4 is 23.6 Å². The van der Waals surface area contributed by atoms with Crippen molar-refractivity contribution in [2.75, 3.05) is 13.1 Å². The Morgan fingerprint density at radius 2 is 1.78 bits per heavy atom. The highest BCUT2D eigenvalue weighted by atomic mass is 32.2. The lowest BCUT2D eigenvalue weighted by Gasteiger charge is -2.28. The SMILES string of the molecule is O=C(NCCC1CC(Cc2c(F)cccc2F)=CS1)[C@H](O)[C@@H](O)C(=O)N1CCCC1c1ccccc1. The van der Waals surface area contributed by atoms with Crippen LogP contribution in [-0.4, -0.2) is 57.5 Å². The van der Waals surface area contributed by atoms with E-state index in [0.717, 1.165) is 24.0 Å². The molecule has 0 aromatic heterocycles. The molecule has 0 spiro atoms. The van der Waals surface area contributed by atoms with Crippen LogP contribution in [0.15, 0.2) is 59.5 Å². The number of likely N-dealkylation sites (tertiary alicyclic amines) is 1. The highest BCUT2D eigenvalue weighted by Gasteiger charge is 2.38. The zero-order valence-electron chi connectivity index (χ0n) is 19.8. The number of aliphatic hydroxyl groups excluding tert-OH is 2. The second kappa shape index (κ2) is 12.0. The van der Waals surface area contributed by atoms with E-state index >= 15 is 0 Å². The number of amides is 2. The van der Waals surface area contributed by atoms with Crippen LogP contribution < -0.4 is 5.32 Å². The number of rotatable bonds is 9. The molecule has 1 fully saturated rings. The van der Waals surface area contributed by atoms with Crippen molar-refractivity contribution in [3.63, 3.8) is 0 Å². The first-order chi connectivity index (χ1) is 17.3. The first-order valence-electron chi connectivity index (χ1n) is 12.1. The molecule has 4 rings (SSSR count). The number of hydrogen-bond acceptors (Lipinski definition) is 5. The maximum Gasteiger partial charge on any atom is 0.255 e. The molecule has 0 radical (unpaired) electrons. The molecule has 3 N–H and O–H groups in total. The highest BCUT2D eigenvalue weighted by molar-refractivity contribution is 8.03. The Morgan fingerprint density at radius 1 is 1.06 bits per heavy atom. The molecular formula is C27H30F2N2O4S. The molecule has 2 unspecified atom stereocenters. The standard InChI is InChI=1S/C27H30F2N2O4S/c28-21-8-4-9-22(29)20(21)15-17-14-19(36-16-17)11-12-30-26(34)24(32)25(33)27(35)31-13-5-10-23(31)18-6-2-1-3-7-18/h1-4,6-9,16,19,23-25,32-33H,5,10-15H2,(H,30,34)/t19?,23?,24-,25-/m1/s1. The van der Waals surface area contributed by atoms with Crippen LogP contribution in [-0.2, 0) is 16.0 Å². The Bertz CT molecular complexity index is 1090. The topological polar surface area (TPSA) is 89.9 Å². The van der Waals surface area contributed by atoms with E-state index in [9.17, 15) is 28.6 Å². The lowest BCUT2D eigenvalue weighted by molar-refractivity contribution is -0.153. The largest absolute Gasteiger partial charge is 0.380 e. The lowest BCUT2D eigenvalue weighted by Crippen LogP contribution is -2.50. The van der Waals surface area contributed by atoms with Crippen LogP contribution in [0.4, 0.5) is 8.78 Å². The van der Waals surface area contributed by atoms with Gasteiger partial charge in [-0.05, 0) is 55.2 Å². The summed E-state index contributed by atoms with van der Waals surface area (Å²) in [5.41, 5.74) is 1.92. The zero-order chi connectivity index (χ0) is 25.7. The number of benzene rings is 2. The third-order valence-corrected chi connectivity index (χ3v) is 7.95. The van der Waals surface area contributed by atoms with E-state index in [1.165, 1.54) is 34.9 Å². The molecule has 1 saturated heterocycles. The number of nitrogens with one attached hydrogen (secondary N) is 1. The van der Waals surface area contributed by atoms with Gasteiger partial charge in [-0.3, -0.25) is 9.59 Å². The fraction of sp³-hybridized carbons (Fsp3) is 0.407. The monoisotopic (exact) mass is 516 g/mol. The Labute approximate surface area is 213 Å². The molecule has 36 heavy (non-hydrogen) atoms. The van der Waals surface area contributed by atoms with Gasteiger partial charge in [0, 0.05) is 23.9 Å². The molecular weight excluding hydrogens is 486 g/mol. The van der Waals surface area contributed by atoms with Crippen molar-refractivity contribution in [1.29, 1.82) is 0 Å². The summed E-state index contributed by atoms with van der Waals surface area (Å²) in [5.74, 6) is -2.61. The second-order valence-corrected chi connectivity index (χ2v) is 10.4. The van der Waals surface area contributed by atoms with E-state index in [1.807, 2.05) is 35.7 Å². The van der Waals surface area contributed by atoms with Crippen LogP contribution in [0.3, 0.4) is 0 Å². The minimum atomic E-state index is -1.87. The van der Waals surface area contributed by atoms with Crippen LogP contribution >= 0.6 is 11.8 Å². The Hall–Kier alpha value is -2.75. The van der Waals surface area contributed by atoms with Crippen LogP contribution in [0.1, 0.15) is 42.9 Å². The van der Waals surface area contributed by atoms with Crippen LogP contribution in [0, 0.1) is 11.6 Å². The summed E-state index contributed by atoms with van der Waals surface area (Å²) in [5, 5.41) is 25.4. The molecule has 2 aromatic carbocycles. The van der Waals surface area contributed by atoms with E-state index in [4.69, 9.17) is 0 Å². The molecule has 0 aliphatic carbocycles. The maximum absolute atomic E-state index is 13.9. The summed E-state index contributed by atoms with van der Waals surface area (Å²) in [6.07, 6.45) is -0.796. The first-order valence-corrected chi connectivity index (χ1v) is 13.0. The molecule has 6 nitrogen and oxygen atoms in total. The van der Waals surface area contributed by atoms with Crippen LogP contribution in [0.2, 0.25) is 0 Å². The average Bonchev–Trinajstić information content (AvgIpc) is 3.55. The molecule has 2 heterocycles. The van der Waals surface area contributed by atoms with Gasteiger partial charge < -0.3 is 20.4 Å². The van der Waals surface area contributed by atoms with E-state index in [1.54, 1.807) is 0 Å².